The topological polar surface area (TPSA) is 87.7 Å². The van der Waals surface area contributed by atoms with Gasteiger partial charge in [-0.25, -0.2) is 9.79 Å². The van der Waals surface area contributed by atoms with Gasteiger partial charge in [-0.3, -0.25) is 14.0 Å². The Labute approximate surface area is 188 Å². The fourth-order valence-electron chi connectivity index (χ4n) is 3.69. The predicted octanol–water partition coefficient (Wildman–Crippen LogP) is 1.85. The molecule has 0 radical (unpaired) electrons. The van der Waals surface area contributed by atoms with Crippen molar-refractivity contribution in [1.29, 1.82) is 0 Å². The van der Waals surface area contributed by atoms with Crippen LogP contribution in [0.25, 0.3) is 6.08 Å². The first-order valence-corrected chi connectivity index (χ1v) is 11.0. The summed E-state index contributed by atoms with van der Waals surface area (Å²) < 4.78 is 14.4. The van der Waals surface area contributed by atoms with Gasteiger partial charge in [0.15, 0.2) is 4.80 Å². The first-order valence-electron chi connectivity index (χ1n) is 10.2. The molecule has 32 heavy (non-hydrogen) atoms. The van der Waals surface area contributed by atoms with Gasteiger partial charge in [0.1, 0.15) is 5.75 Å². The van der Waals surface area contributed by atoms with Crippen LogP contribution in [-0.4, -0.2) is 34.0 Å². The number of rotatable bonds is 5. The van der Waals surface area contributed by atoms with Crippen LogP contribution in [0.2, 0.25) is 0 Å². The van der Waals surface area contributed by atoms with Gasteiger partial charge in [0.05, 0.1) is 41.8 Å². The van der Waals surface area contributed by atoms with Crippen LogP contribution >= 0.6 is 11.3 Å². The average Bonchev–Trinajstić information content (AvgIpc) is 3.26. The molecule has 0 saturated heterocycles. The zero-order valence-electron chi connectivity index (χ0n) is 18.6. The van der Waals surface area contributed by atoms with Crippen molar-refractivity contribution in [2.24, 2.45) is 12.0 Å². The highest BCUT2D eigenvalue weighted by atomic mass is 32.1. The second-order valence-electron chi connectivity index (χ2n) is 7.38. The van der Waals surface area contributed by atoms with Crippen molar-refractivity contribution in [2.45, 2.75) is 26.8 Å². The number of esters is 1. The molecule has 4 rings (SSSR count). The van der Waals surface area contributed by atoms with Gasteiger partial charge >= 0.3 is 5.97 Å². The van der Waals surface area contributed by atoms with Crippen LogP contribution in [0.4, 0.5) is 0 Å². The Morgan fingerprint density at radius 2 is 1.97 bits per heavy atom. The minimum atomic E-state index is -0.645. The van der Waals surface area contributed by atoms with E-state index in [1.165, 1.54) is 11.3 Å². The lowest BCUT2D eigenvalue weighted by Crippen LogP contribution is -2.39. The summed E-state index contributed by atoms with van der Waals surface area (Å²) in [6.45, 7) is 5.70. The van der Waals surface area contributed by atoms with E-state index < -0.39 is 12.0 Å². The van der Waals surface area contributed by atoms with E-state index in [4.69, 9.17) is 9.47 Å². The molecule has 1 aromatic carbocycles. The van der Waals surface area contributed by atoms with E-state index in [0.717, 1.165) is 16.8 Å². The Hall–Kier alpha value is -3.46. The second-order valence-corrected chi connectivity index (χ2v) is 8.39. The molecule has 1 atom stereocenters. The van der Waals surface area contributed by atoms with Crippen molar-refractivity contribution in [1.82, 2.24) is 14.3 Å². The number of aromatic nitrogens is 3. The molecule has 0 fully saturated rings. The third-order valence-corrected chi connectivity index (χ3v) is 6.49. The number of carbonyl (C=O) groups excluding carboxylic acids is 1. The Balaban J connectivity index is 1.95. The molecule has 0 aliphatic carbocycles. The highest BCUT2D eigenvalue weighted by molar-refractivity contribution is 7.07. The fraction of sp³-hybridized carbons (Fsp3) is 0.304. The summed E-state index contributed by atoms with van der Waals surface area (Å²) in [5.74, 6) is 0.207. The quantitative estimate of drug-likeness (QED) is 0.552. The van der Waals surface area contributed by atoms with E-state index >= 15 is 0 Å². The summed E-state index contributed by atoms with van der Waals surface area (Å²) in [7, 11) is 3.44. The third-order valence-electron chi connectivity index (χ3n) is 5.51. The van der Waals surface area contributed by atoms with Crippen LogP contribution in [0.15, 0.2) is 51.5 Å². The van der Waals surface area contributed by atoms with Gasteiger partial charge in [0.25, 0.3) is 5.56 Å². The van der Waals surface area contributed by atoms with Crippen LogP contribution in [0.3, 0.4) is 0 Å². The van der Waals surface area contributed by atoms with Crippen molar-refractivity contribution < 1.29 is 14.3 Å². The summed E-state index contributed by atoms with van der Waals surface area (Å²) in [5.41, 5.74) is 3.26. The number of carbonyl (C=O) groups is 1. The Kier molecular flexibility index (Phi) is 5.84. The van der Waals surface area contributed by atoms with Crippen molar-refractivity contribution in [3.05, 3.63) is 78.2 Å². The maximum Gasteiger partial charge on any atom is 0.338 e. The highest BCUT2D eigenvalue weighted by Crippen LogP contribution is 2.31. The molecular formula is C23H24N4O4S. The van der Waals surface area contributed by atoms with Crippen molar-refractivity contribution in [3.63, 3.8) is 0 Å². The van der Waals surface area contributed by atoms with E-state index in [1.807, 2.05) is 44.3 Å². The second kappa shape index (κ2) is 8.58. The first-order chi connectivity index (χ1) is 15.3. The smallest absolute Gasteiger partial charge is 0.338 e. The largest absolute Gasteiger partial charge is 0.497 e. The number of methoxy groups -OCH3 is 1. The van der Waals surface area contributed by atoms with Crippen molar-refractivity contribution in [2.75, 3.05) is 13.7 Å². The van der Waals surface area contributed by atoms with Gasteiger partial charge in [-0.05, 0) is 44.5 Å². The standard InChI is InChI=1S/C23H24N4O4S/c1-6-31-22(29)19-13(2)25-23-27(20(19)15-7-9-17(30-5)10-8-15)21(28)18(32-23)11-16-12-24-26(4)14(16)3/h7-12,20H,6H2,1-5H3/b18-11+. The first kappa shape index (κ1) is 21.8. The normalized spacial score (nSPS) is 16.0. The van der Waals surface area contributed by atoms with Gasteiger partial charge < -0.3 is 9.47 Å². The van der Waals surface area contributed by atoms with E-state index in [1.54, 1.807) is 36.4 Å². The Morgan fingerprint density at radius 3 is 2.56 bits per heavy atom. The molecule has 0 saturated carbocycles. The lowest BCUT2D eigenvalue weighted by molar-refractivity contribution is -0.139. The molecule has 0 spiro atoms. The van der Waals surface area contributed by atoms with Gasteiger partial charge in [0.2, 0.25) is 0 Å². The molecule has 1 unspecified atom stereocenters. The molecule has 8 nitrogen and oxygen atoms in total. The van der Waals surface area contributed by atoms with Crippen LogP contribution in [0.5, 0.6) is 5.75 Å². The van der Waals surface area contributed by atoms with Crippen molar-refractivity contribution in [3.8, 4) is 5.75 Å². The number of aryl methyl sites for hydroxylation is 1. The summed E-state index contributed by atoms with van der Waals surface area (Å²) in [6.07, 6.45) is 3.55. The predicted molar refractivity (Wildman–Crippen MR) is 121 cm³/mol. The zero-order chi connectivity index (χ0) is 23.0. The lowest BCUT2D eigenvalue weighted by atomic mass is 9.96. The molecule has 0 bridgehead atoms. The van der Waals surface area contributed by atoms with Crippen LogP contribution in [0.1, 0.15) is 36.7 Å². The monoisotopic (exact) mass is 452 g/mol. The maximum atomic E-state index is 13.5. The lowest BCUT2D eigenvalue weighted by Gasteiger charge is -2.24. The molecule has 9 heteroatoms. The summed E-state index contributed by atoms with van der Waals surface area (Å²) in [5, 5.41) is 4.25. The Bertz CT molecular complexity index is 1390. The number of nitrogens with zero attached hydrogens (tertiary/aromatic N) is 4. The van der Waals surface area contributed by atoms with E-state index in [9.17, 15) is 9.59 Å². The van der Waals surface area contributed by atoms with E-state index in [-0.39, 0.29) is 12.2 Å². The van der Waals surface area contributed by atoms with Crippen molar-refractivity contribution >= 4 is 23.4 Å². The summed E-state index contributed by atoms with van der Waals surface area (Å²) >= 11 is 1.29. The van der Waals surface area contributed by atoms with Crippen LogP contribution in [-0.2, 0) is 16.6 Å². The minimum Gasteiger partial charge on any atom is -0.497 e. The minimum absolute atomic E-state index is 0.216. The molecule has 166 valence electrons. The highest BCUT2D eigenvalue weighted by Gasteiger charge is 2.33. The number of ether oxygens (including phenoxy) is 2. The number of benzene rings is 1. The van der Waals surface area contributed by atoms with Gasteiger partial charge in [-0.2, -0.15) is 5.10 Å². The van der Waals surface area contributed by atoms with Gasteiger partial charge in [-0.15, -0.1) is 0 Å². The van der Waals surface area contributed by atoms with Gasteiger partial charge in [-0.1, -0.05) is 23.5 Å². The molecule has 0 N–H and O–H groups in total. The molecule has 3 aromatic rings. The van der Waals surface area contributed by atoms with Crippen LogP contribution in [0, 0.1) is 6.92 Å². The zero-order valence-corrected chi connectivity index (χ0v) is 19.4. The number of hydrogen-bond acceptors (Lipinski definition) is 7. The number of thiazole rings is 1. The molecule has 3 heterocycles. The maximum absolute atomic E-state index is 13.5. The molecule has 1 aliphatic rings. The molecule has 2 aromatic heterocycles. The molecule has 1 aliphatic heterocycles. The Morgan fingerprint density at radius 1 is 1.25 bits per heavy atom. The summed E-state index contributed by atoms with van der Waals surface area (Å²) in [4.78, 5) is 31.5. The van der Waals surface area contributed by atoms with Gasteiger partial charge in [0, 0.05) is 18.3 Å². The number of allylic oxidation sites excluding steroid dienone is 1. The van der Waals surface area contributed by atoms with E-state index in [2.05, 4.69) is 10.1 Å². The number of fused-ring (bicyclic) bond motifs is 1. The molecule has 0 amide bonds. The average molecular weight is 453 g/mol. The SMILES string of the molecule is CCOC(=O)C1=C(C)N=c2s/c(=C/c3cnn(C)c3C)c(=O)n2C1c1ccc(OC)cc1. The number of hydrogen-bond donors (Lipinski definition) is 0. The third kappa shape index (κ3) is 3.69. The molecular weight excluding hydrogens is 428 g/mol. The summed E-state index contributed by atoms with van der Waals surface area (Å²) in [6, 6.07) is 6.67. The van der Waals surface area contributed by atoms with Crippen LogP contribution < -0.4 is 19.6 Å². The van der Waals surface area contributed by atoms with E-state index in [0.29, 0.717) is 26.4 Å². The fourth-order valence-corrected chi connectivity index (χ4v) is 4.73.